The molecule has 1 heterocycles. The highest BCUT2D eigenvalue weighted by molar-refractivity contribution is 5.81. The Bertz CT molecular complexity index is 638. The molecule has 0 radical (unpaired) electrons. The lowest BCUT2D eigenvalue weighted by molar-refractivity contribution is 0.313. The summed E-state index contributed by atoms with van der Waals surface area (Å²) in [5.41, 5.74) is 7.70. The fourth-order valence-electron chi connectivity index (χ4n) is 2.65. The highest BCUT2D eigenvalue weighted by Crippen LogP contribution is 2.16. The summed E-state index contributed by atoms with van der Waals surface area (Å²) in [5.74, 6) is 0. The fraction of sp³-hybridized carbons (Fsp3) is 0.316. The van der Waals surface area contributed by atoms with Crippen LogP contribution in [-0.2, 0) is 0 Å². The first-order valence-corrected chi connectivity index (χ1v) is 8.10. The zero-order chi connectivity index (χ0) is 16.1. The zero-order valence-corrected chi connectivity index (χ0v) is 13.9. The SMILES string of the molecule is Cc1ccc(N/N=C/c2ccc(N3CCN(C)CC3)cc2)cc1. The van der Waals surface area contributed by atoms with Gasteiger partial charge in [0, 0.05) is 31.9 Å². The maximum atomic E-state index is 4.30. The molecular weight excluding hydrogens is 284 g/mol. The van der Waals surface area contributed by atoms with Crippen LogP contribution in [-0.4, -0.2) is 44.3 Å². The lowest BCUT2D eigenvalue weighted by Gasteiger charge is -2.34. The number of anilines is 2. The highest BCUT2D eigenvalue weighted by atomic mass is 15.3. The molecule has 0 saturated carbocycles. The monoisotopic (exact) mass is 308 g/mol. The Morgan fingerprint density at radius 3 is 2.22 bits per heavy atom. The first-order chi connectivity index (χ1) is 11.2. The molecule has 4 nitrogen and oxygen atoms in total. The van der Waals surface area contributed by atoms with Gasteiger partial charge >= 0.3 is 0 Å². The second-order valence-corrected chi connectivity index (χ2v) is 6.12. The molecule has 0 unspecified atom stereocenters. The van der Waals surface area contributed by atoms with Crippen LogP contribution in [0.1, 0.15) is 11.1 Å². The van der Waals surface area contributed by atoms with E-state index in [0.29, 0.717) is 0 Å². The van der Waals surface area contributed by atoms with E-state index >= 15 is 0 Å². The maximum absolute atomic E-state index is 4.30. The number of nitrogens with zero attached hydrogens (tertiary/aromatic N) is 3. The molecule has 3 rings (SSSR count). The van der Waals surface area contributed by atoms with Crippen LogP contribution in [0.15, 0.2) is 53.6 Å². The molecule has 1 N–H and O–H groups in total. The Morgan fingerprint density at radius 1 is 0.913 bits per heavy atom. The van der Waals surface area contributed by atoms with Crippen LogP contribution < -0.4 is 10.3 Å². The molecule has 0 aromatic heterocycles. The van der Waals surface area contributed by atoms with E-state index in [-0.39, 0.29) is 0 Å². The van der Waals surface area contributed by atoms with Gasteiger partial charge in [-0.25, -0.2) is 0 Å². The predicted molar refractivity (Wildman–Crippen MR) is 98.5 cm³/mol. The second-order valence-electron chi connectivity index (χ2n) is 6.12. The van der Waals surface area contributed by atoms with Crippen LogP contribution in [0.25, 0.3) is 0 Å². The molecule has 2 aromatic rings. The number of hydrazone groups is 1. The Labute approximate surface area is 138 Å². The van der Waals surface area contributed by atoms with Crippen LogP contribution >= 0.6 is 0 Å². The van der Waals surface area contributed by atoms with Crippen molar-refractivity contribution < 1.29 is 0 Å². The minimum atomic E-state index is 1.00. The summed E-state index contributed by atoms with van der Waals surface area (Å²) < 4.78 is 0. The lowest BCUT2D eigenvalue weighted by atomic mass is 10.2. The van der Waals surface area contributed by atoms with Crippen molar-refractivity contribution >= 4 is 17.6 Å². The van der Waals surface area contributed by atoms with Gasteiger partial charge in [-0.15, -0.1) is 0 Å². The molecule has 0 atom stereocenters. The topological polar surface area (TPSA) is 30.9 Å². The average Bonchev–Trinajstić information content (AvgIpc) is 2.58. The average molecular weight is 308 g/mol. The van der Waals surface area contributed by atoms with Gasteiger partial charge in [0.25, 0.3) is 0 Å². The highest BCUT2D eigenvalue weighted by Gasteiger charge is 2.13. The fourth-order valence-corrected chi connectivity index (χ4v) is 2.65. The summed E-state index contributed by atoms with van der Waals surface area (Å²) in [6, 6.07) is 16.8. The Balaban J connectivity index is 1.56. The molecule has 1 saturated heterocycles. The largest absolute Gasteiger partial charge is 0.369 e. The number of aryl methyl sites for hydroxylation is 1. The molecule has 23 heavy (non-hydrogen) atoms. The Hall–Kier alpha value is -2.33. The van der Waals surface area contributed by atoms with Gasteiger partial charge in [0.2, 0.25) is 0 Å². The summed E-state index contributed by atoms with van der Waals surface area (Å²) in [6.45, 7) is 6.53. The molecule has 0 bridgehead atoms. The van der Waals surface area contributed by atoms with E-state index in [1.807, 2.05) is 18.3 Å². The summed E-state index contributed by atoms with van der Waals surface area (Å²) in [6.07, 6.45) is 1.85. The van der Waals surface area contributed by atoms with Gasteiger partial charge in [0.1, 0.15) is 0 Å². The van der Waals surface area contributed by atoms with Crippen LogP contribution in [0, 0.1) is 6.92 Å². The van der Waals surface area contributed by atoms with Gasteiger partial charge in [-0.05, 0) is 43.8 Å². The van der Waals surface area contributed by atoms with Gasteiger partial charge in [0.05, 0.1) is 11.9 Å². The van der Waals surface area contributed by atoms with Crippen LogP contribution in [0.4, 0.5) is 11.4 Å². The van der Waals surface area contributed by atoms with Crippen molar-refractivity contribution in [3.05, 3.63) is 59.7 Å². The molecule has 1 aliphatic heterocycles. The first kappa shape index (κ1) is 15.6. The van der Waals surface area contributed by atoms with Gasteiger partial charge in [0.15, 0.2) is 0 Å². The minimum Gasteiger partial charge on any atom is -0.369 e. The molecule has 2 aromatic carbocycles. The number of rotatable bonds is 4. The van der Waals surface area contributed by atoms with Crippen molar-refractivity contribution in [3.63, 3.8) is 0 Å². The van der Waals surface area contributed by atoms with E-state index in [0.717, 1.165) is 37.4 Å². The predicted octanol–water partition coefficient (Wildman–Crippen LogP) is 3.19. The third-order valence-corrected chi connectivity index (χ3v) is 4.22. The standard InChI is InChI=1S/C19H24N4/c1-16-3-7-18(8-4-16)21-20-15-17-5-9-19(10-6-17)23-13-11-22(2)12-14-23/h3-10,15,21H,11-14H2,1-2H3/b20-15+. The van der Waals surface area contributed by atoms with Crippen LogP contribution in [0.5, 0.6) is 0 Å². The van der Waals surface area contributed by atoms with Crippen molar-refractivity contribution in [2.75, 3.05) is 43.6 Å². The van der Waals surface area contributed by atoms with Crippen molar-refractivity contribution in [2.45, 2.75) is 6.92 Å². The zero-order valence-electron chi connectivity index (χ0n) is 13.9. The van der Waals surface area contributed by atoms with Crippen molar-refractivity contribution in [2.24, 2.45) is 5.10 Å². The second kappa shape index (κ2) is 7.29. The number of likely N-dealkylation sites (N-methyl/N-ethyl adjacent to an activating group) is 1. The smallest absolute Gasteiger partial charge is 0.0561 e. The van der Waals surface area contributed by atoms with Crippen LogP contribution in [0.3, 0.4) is 0 Å². The Morgan fingerprint density at radius 2 is 1.57 bits per heavy atom. The molecular formula is C19H24N4. The van der Waals surface area contributed by atoms with Gasteiger partial charge in [-0.1, -0.05) is 29.8 Å². The summed E-state index contributed by atoms with van der Waals surface area (Å²) in [4.78, 5) is 4.81. The minimum absolute atomic E-state index is 1.00. The Kier molecular flexibility index (Phi) is 4.93. The number of piperazine rings is 1. The van der Waals surface area contributed by atoms with E-state index in [2.05, 4.69) is 70.7 Å². The van der Waals surface area contributed by atoms with Gasteiger partial charge < -0.3 is 9.80 Å². The molecule has 120 valence electrons. The lowest BCUT2D eigenvalue weighted by Crippen LogP contribution is -2.44. The van der Waals surface area contributed by atoms with E-state index in [9.17, 15) is 0 Å². The molecule has 0 amide bonds. The summed E-state index contributed by atoms with van der Waals surface area (Å²) >= 11 is 0. The summed E-state index contributed by atoms with van der Waals surface area (Å²) in [7, 11) is 2.18. The maximum Gasteiger partial charge on any atom is 0.0561 e. The number of nitrogens with one attached hydrogen (secondary N) is 1. The van der Waals surface area contributed by atoms with Gasteiger partial charge in [-0.3, -0.25) is 5.43 Å². The van der Waals surface area contributed by atoms with E-state index in [1.54, 1.807) is 0 Å². The third kappa shape index (κ3) is 4.33. The number of hydrogen-bond acceptors (Lipinski definition) is 4. The number of hydrogen-bond donors (Lipinski definition) is 1. The molecule has 0 aliphatic carbocycles. The number of benzene rings is 2. The molecule has 1 aliphatic rings. The van der Waals surface area contributed by atoms with E-state index < -0.39 is 0 Å². The molecule has 1 fully saturated rings. The summed E-state index contributed by atoms with van der Waals surface area (Å²) in [5, 5.41) is 4.30. The quantitative estimate of drug-likeness (QED) is 0.695. The van der Waals surface area contributed by atoms with Crippen molar-refractivity contribution in [3.8, 4) is 0 Å². The normalized spacial score (nSPS) is 16.0. The van der Waals surface area contributed by atoms with E-state index in [4.69, 9.17) is 0 Å². The van der Waals surface area contributed by atoms with E-state index in [1.165, 1.54) is 11.3 Å². The molecule has 4 heteroatoms. The van der Waals surface area contributed by atoms with Gasteiger partial charge in [-0.2, -0.15) is 5.10 Å². The van der Waals surface area contributed by atoms with Crippen molar-refractivity contribution in [1.29, 1.82) is 0 Å². The van der Waals surface area contributed by atoms with Crippen LogP contribution in [0.2, 0.25) is 0 Å². The molecule has 0 spiro atoms. The third-order valence-electron chi connectivity index (χ3n) is 4.22. The first-order valence-electron chi connectivity index (χ1n) is 8.10. The van der Waals surface area contributed by atoms with Crippen molar-refractivity contribution in [1.82, 2.24) is 4.90 Å².